The Kier molecular flexibility index (Phi) is 8.44. The summed E-state index contributed by atoms with van der Waals surface area (Å²) >= 11 is 1.53. The number of benzene rings is 1. The second-order valence-electron chi connectivity index (χ2n) is 5.11. The number of hydrogen-bond acceptors (Lipinski definition) is 5. The number of carboxylic acid groups (broad SMARTS) is 1. The van der Waals surface area contributed by atoms with Gasteiger partial charge in [0.2, 0.25) is 0 Å². The molecule has 0 aliphatic rings. The summed E-state index contributed by atoms with van der Waals surface area (Å²) in [5.41, 5.74) is 0.757. The van der Waals surface area contributed by atoms with Gasteiger partial charge in [0, 0.05) is 6.20 Å². The highest BCUT2D eigenvalue weighted by atomic mass is 32.2. The van der Waals surface area contributed by atoms with Gasteiger partial charge < -0.3 is 15.7 Å². The fraction of sp³-hybridized carbons (Fsp3) is 0.353. The van der Waals surface area contributed by atoms with Crippen LogP contribution in [0.25, 0.3) is 0 Å². The van der Waals surface area contributed by atoms with Crippen LogP contribution in [0.4, 0.5) is 0 Å². The quantitative estimate of drug-likeness (QED) is 0.467. The van der Waals surface area contributed by atoms with Crippen molar-refractivity contribution in [2.75, 3.05) is 12.0 Å². The standard InChI is InChI=1S/C17H21N3O3S/c1-12(13-6-4-3-5-7-13)20-16(21)14(10-18)11-19-15(17(22)23)8-9-24-2/h3-7,11-12,15,19H,8-9H2,1-2H3,(H,20,21)(H,22,23)/b14-11-. The summed E-state index contributed by atoms with van der Waals surface area (Å²) in [6.07, 6.45) is 3.45. The molecule has 0 aliphatic heterocycles. The maximum atomic E-state index is 12.2. The van der Waals surface area contributed by atoms with Crippen LogP contribution in [-0.4, -0.2) is 35.0 Å². The molecule has 1 amide bonds. The van der Waals surface area contributed by atoms with Crippen LogP contribution in [0.3, 0.4) is 0 Å². The molecule has 0 radical (unpaired) electrons. The molecule has 1 aromatic rings. The molecule has 0 fully saturated rings. The van der Waals surface area contributed by atoms with E-state index in [4.69, 9.17) is 10.4 Å². The highest BCUT2D eigenvalue weighted by molar-refractivity contribution is 7.98. The third kappa shape index (κ3) is 6.34. The lowest BCUT2D eigenvalue weighted by Gasteiger charge is -2.15. The zero-order valence-electron chi connectivity index (χ0n) is 13.7. The fourth-order valence-electron chi connectivity index (χ4n) is 1.95. The molecule has 2 unspecified atom stereocenters. The van der Waals surface area contributed by atoms with E-state index < -0.39 is 17.9 Å². The smallest absolute Gasteiger partial charge is 0.326 e. The van der Waals surface area contributed by atoms with Crippen LogP contribution in [-0.2, 0) is 9.59 Å². The largest absolute Gasteiger partial charge is 0.480 e. The number of carbonyl (C=O) groups excluding carboxylic acids is 1. The Morgan fingerprint density at radius 1 is 1.38 bits per heavy atom. The van der Waals surface area contributed by atoms with E-state index in [9.17, 15) is 9.59 Å². The molecule has 0 saturated heterocycles. The maximum absolute atomic E-state index is 12.2. The van der Waals surface area contributed by atoms with Gasteiger partial charge in [-0.15, -0.1) is 0 Å². The Morgan fingerprint density at radius 2 is 2.04 bits per heavy atom. The molecule has 0 saturated carbocycles. The molecule has 1 aromatic carbocycles. The van der Waals surface area contributed by atoms with Crippen LogP contribution in [0.5, 0.6) is 0 Å². The molecular weight excluding hydrogens is 326 g/mol. The van der Waals surface area contributed by atoms with E-state index in [-0.39, 0.29) is 11.6 Å². The minimum atomic E-state index is -1.02. The van der Waals surface area contributed by atoms with Crippen molar-refractivity contribution in [1.29, 1.82) is 5.26 Å². The summed E-state index contributed by atoms with van der Waals surface area (Å²) in [5.74, 6) is -0.900. The van der Waals surface area contributed by atoms with Gasteiger partial charge in [-0.3, -0.25) is 4.79 Å². The van der Waals surface area contributed by atoms with E-state index in [2.05, 4.69) is 10.6 Å². The Balaban J connectivity index is 2.71. The van der Waals surface area contributed by atoms with Crippen molar-refractivity contribution in [2.45, 2.75) is 25.4 Å². The number of carbonyl (C=O) groups is 2. The molecule has 0 heterocycles. The van der Waals surface area contributed by atoms with E-state index in [0.29, 0.717) is 12.2 Å². The van der Waals surface area contributed by atoms with Crippen LogP contribution < -0.4 is 10.6 Å². The highest BCUT2D eigenvalue weighted by Gasteiger charge is 2.17. The first-order valence-electron chi connectivity index (χ1n) is 7.43. The number of aliphatic carboxylic acids is 1. The number of nitrogens with one attached hydrogen (secondary N) is 2. The lowest BCUT2D eigenvalue weighted by Crippen LogP contribution is -2.35. The fourth-order valence-corrected chi connectivity index (χ4v) is 2.42. The molecule has 6 nitrogen and oxygen atoms in total. The van der Waals surface area contributed by atoms with Gasteiger partial charge in [-0.1, -0.05) is 30.3 Å². The third-order valence-corrected chi connectivity index (χ3v) is 3.99. The minimum absolute atomic E-state index is 0.159. The summed E-state index contributed by atoms with van der Waals surface area (Å²) in [6.45, 7) is 1.81. The second kappa shape index (κ2) is 10.3. The predicted molar refractivity (Wildman–Crippen MR) is 94.3 cm³/mol. The summed E-state index contributed by atoms with van der Waals surface area (Å²) in [5, 5.41) is 23.6. The maximum Gasteiger partial charge on any atom is 0.326 e. The van der Waals surface area contributed by atoms with Gasteiger partial charge in [0.1, 0.15) is 17.7 Å². The SMILES string of the molecule is CSCCC(N/C=C(/C#N)C(=O)NC(C)c1ccccc1)C(=O)O. The number of nitriles is 1. The van der Waals surface area contributed by atoms with Crippen molar-refractivity contribution in [3.05, 3.63) is 47.7 Å². The number of thioether (sulfide) groups is 1. The van der Waals surface area contributed by atoms with Gasteiger partial charge in [-0.05, 0) is 30.9 Å². The molecule has 1 rings (SSSR count). The first-order chi connectivity index (χ1) is 11.5. The summed E-state index contributed by atoms with van der Waals surface area (Å²) in [4.78, 5) is 23.3. The van der Waals surface area contributed by atoms with Gasteiger partial charge in [-0.25, -0.2) is 4.79 Å². The van der Waals surface area contributed by atoms with E-state index >= 15 is 0 Å². The van der Waals surface area contributed by atoms with Gasteiger partial charge in [-0.2, -0.15) is 17.0 Å². The van der Waals surface area contributed by atoms with E-state index in [1.807, 2.05) is 43.5 Å². The first kappa shape index (κ1) is 19.6. The van der Waals surface area contributed by atoms with Gasteiger partial charge in [0.05, 0.1) is 6.04 Å². The monoisotopic (exact) mass is 347 g/mol. The molecule has 24 heavy (non-hydrogen) atoms. The minimum Gasteiger partial charge on any atom is -0.480 e. The van der Waals surface area contributed by atoms with Crippen molar-refractivity contribution in [2.24, 2.45) is 0 Å². The molecule has 0 spiro atoms. The van der Waals surface area contributed by atoms with E-state index in [1.165, 1.54) is 18.0 Å². The number of amides is 1. The average molecular weight is 347 g/mol. The van der Waals surface area contributed by atoms with E-state index in [0.717, 1.165) is 5.56 Å². The van der Waals surface area contributed by atoms with Gasteiger partial charge in [0.25, 0.3) is 5.91 Å². The number of carboxylic acids is 1. The Bertz CT molecular complexity index is 626. The number of hydrogen-bond donors (Lipinski definition) is 3. The van der Waals surface area contributed by atoms with Crippen molar-refractivity contribution in [3.63, 3.8) is 0 Å². The van der Waals surface area contributed by atoms with Crippen LogP contribution in [0.1, 0.15) is 24.9 Å². The molecule has 128 valence electrons. The molecule has 0 bridgehead atoms. The number of nitrogens with zero attached hydrogens (tertiary/aromatic N) is 1. The Hall–Kier alpha value is -2.46. The summed E-state index contributed by atoms with van der Waals surface area (Å²) < 4.78 is 0. The average Bonchev–Trinajstić information content (AvgIpc) is 2.58. The lowest BCUT2D eigenvalue weighted by atomic mass is 10.1. The van der Waals surface area contributed by atoms with Gasteiger partial charge >= 0.3 is 5.97 Å². The van der Waals surface area contributed by atoms with Crippen molar-refractivity contribution in [3.8, 4) is 6.07 Å². The summed E-state index contributed by atoms with van der Waals surface area (Å²) in [7, 11) is 0. The van der Waals surface area contributed by atoms with Crippen molar-refractivity contribution in [1.82, 2.24) is 10.6 Å². The Labute approximate surface area is 145 Å². The third-order valence-electron chi connectivity index (χ3n) is 3.35. The molecule has 3 N–H and O–H groups in total. The second-order valence-corrected chi connectivity index (χ2v) is 6.10. The zero-order valence-corrected chi connectivity index (χ0v) is 14.5. The molecule has 0 aliphatic carbocycles. The molecule has 2 atom stereocenters. The summed E-state index contributed by atoms with van der Waals surface area (Å²) in [6, 6.07) is 10.1. The van der Waals surface area contributed by atoms with Gasteiger partial charge in [0.15, 0.2) is 0 Å². The van der Waals surface area contributed by atoms with Crippen molar-refractivity contribution >= 4 is 23.6 Å². The van der Waals surface area contributed by atoms with Crippen LogP contribution >= 0.6 is 11.8 Å². The van der Waals surface area contributed by atoms with Crippen molar-refractivity contribution < 1.29 is 14.7 Å². The zero-order chi connectivity index (χ0) is 17.9. The lowest BCUT2D eigenvalue weighted by molar-refractivity contribution is -0.139. The van der Waals surface area contributed by atoms with Crippen LogP contribution in [0, 0.1) is 11.3 Å². The molecule has 7 heteroatoms. The van der Waals surface area contributed by atoms with E-state index in [1.54, 1.807) is 6.07 Å². The predicted octanol–water partition coefficient (Wildman–Crippen LogP) is 2.07. The number of rotatable bonds is 9. The Morgan fingerprint density at radius 3 is 2.58 bits per heavy atom. The molecular formula is C17H21N3O3S. The topological polar surface area (TPSA) is 102 Å². The molecule has 0 aromatic heterocycles. The highest BCUT2D eigenvalue weighted by Crippen LogP contribution is 2.11. The first-order valence-corrected chi connectivity index (χ1v) is 8.82. The van der Waals surface area contributed by atoms with Crippen LogP contribution in [0.2, 0.25) is 0 Å². The normalized spacial score (nSPS) is 13.5. The van der Waals surface area contributed by atoms with Crippen LogP contribution in [0.15, 0.2) is 42.1 Å².